The fraction of sp³-hybridized carbons (Fsp3) is 0.0833. The number of nitrogens with zero attached hydrogens (tertiary/aromatic N) is 2. The highest BCUT2D eigenvalue weighted by molar-refractivity contribution is 7.22. The molecule has 0 saturated heterocycles. The highest BCUT2D eigenvalue weighted by atomic mass is 32.1. The van der Waals surface area contributed by atoms with Crippen LogP contribution in [-0.4, -0.2) is 17.7 Å². The second-order valence-electron chi connectivity index (χ2n) is 6.82. The van der Waals surface area contributed by atoms with Crippen LogP contribution in [0, 0.1) is 0 Å². The van der Waals surface area contributed by atoms with E-state index in [0.717, 1.165) is 27.1 Å². The van der Waals surface area contributed by atoms with Gasteiger partial charge in [0.05, 0.1) is 16.8 Å². The van der Waals surface area contributed by atoms with Crippen molar-refractivity contribution < 1.29 is 14.3 Å². The third-order valence-electron chi connectivity index (χ3n) is 4.78. The van der Waals surface area contributed by atoms with E-state index in [0.29, 0.717) is 17.4 Å². The van der Waals surface area contributed by atoms with Crippen LogP contribution in [0.2, 0.25) is 0 Å². The molecule has 0 bridgehead atoms. The number of fused-ring (bicyclic) bond motifs is 2. The molecule has 0 radical (unpaired) electrons. The van der Waals surface area contributed by atoms with Gasteiger partial charge in [0.2, 0.25) is 6.79 Å². The number of carbonyl (C=O) groups excluding carboxylic acids is 1. The lowest BCUT2D eigenvalue weighted by Gasteiger charge is -2.18. The number of para-hydroxylation sites is 1. The summed E-state index contributed by atoms with van der Waals surface area (Å²) in [5.74, 6) is 1.28. The lowest BCUT2D eigenvalue weighted by Crippen LogP contribution is -2.28. The van der Waals surface area contributed by atoms with Gasteiger partial charge in [0, 0.05) is 6.08 Å². The number of anilines is 1. The standard InChI is InChI=1S/C24H18N2O3S/c27-23(13-11-17-10-12-20-21(14-17)29-16-28-20)26(15-18-6-2-1-3-7-18)24-25-19-8-4-5-9-22(19)30-24/h1-14H,15-16H2/b13-11+. The number of rotatable bonds is 5. The van der Waals surface area contributed by atoms with Crippen molar-refractivity contribution in [2.75, 3.05) is 11.7 Å². The number of hydrogen-bond donors (Lipinski definition) is 0. The van der Waals surface area contributed by atoms with E-state index in [1.807, 2.05) is 72.8 Å². The number of amides is 1. The second-order valence-corrected chi connectivity index (χ2v) is 7.83. The topological polar surface area (TPSA) is 51.7 Å². The molecule has 1 aliphatic rings. The fourth-order valence-electron chi connectivity index (χ4n) is 3.26. The van der Waals surface area contributed by atoms with Crippen molar-refractivity contribution in [3.63, 3.8) is 0 Å². The summed E-state index contributed by atoms with van der Waals surface area (Å²) in [6, 6.07) is 23.5. The summed E-state index contributed by atoms with van der Waals surface area (Å²) in [6.45, 7) is 0.675. The molecular formula is C24H18N2O3S. The monoisotopic (exact) mass is 414 g/mol. The minimum atomic E-state index is -0.129. The van der Waals surface area contributed by atoms with Gasteiger partial charge in [-0.1, -0.05) is 59.9 Å². The molecule has 1 amide bonds. The number of benzene rings is 3. The average Bonchev–Trinajstić information content (AvgIpc) is 3.42. The van der Waals surface area contributed by atoms with Crippen molar-refractivity contribution in [3.8, 4) is 11.5 Å². The molecule has 0 saturated carbocycles. The summed E-state index contributed by atoms with van der Waals surface area (Å²) >= 11 is 1.51. The third-order valence-corrected chi connectivity index (χ3v) is 5.84. The van der Waals surface area contributed by atoms with Crippen molar-refractivity contribution in [2.24, 2.45) is 0 Å². The van der Waals surface area contributed by atoms with E-state index < -0.39 is 0 Å². The molecular weight excluding hydrogens is 396 g/mol. The van der Waals surface area contributed by atoms with Crippen molar-refractivity contribution >= 4 is 38.7 Å². The highest BCUT2D eigenvalue weighted by Crippen LogP contribution is 2.33. The predicted octanol–water partition coefficient (Wildman–Crippen LogP) is 5.27. The van der Waals surface area contributed by atoms with E-state index >= 15 is 0 Å². The normalized spacial score (nSPS) is 12.5. The fourth-order valence-corrected chi connectivity index (χ4v) is 4.23. The Balaban J connectivity index is 1.45. The smallest absolute Gasteiger partial charge is 0.253 e. The van der Waals surface area contributed by atoms with Crippen LogP contribution < -0.4 is 14.4 Å². The highest BCUT2D eigenvalue weighted by Gasteiger charge is 2.19. The van der Waals surface area contributed by atoms with Gasteiger partial charge in [-0.25, -0.2) is 4.98 Å². The minimum Gasteiger partial charge on any atom is -0.454 e. The Morgan fingerprint density at radius 2 is 1.80 bits per heavy atom. The molecule has 5 rings (SSSR count). The maximum Gasteiger partial charge on any atom is 0.253 e. The Hall–Kier alpha value is -3.64. The lowest BCUT2D eigenvalue weighted by atomic mass is 10.2. The van der Waals surface area contributed by atoms with Gasteiger partial charge in [-0.15, -0.1) is 0 Å². The molecule has 0 N–H and O–H groups in total. The van der Waals surface area contributed by atoms with Gasteiger partial charge in [0.1, 0.15) is 0 Å². The van der Waals surface area contributed by atoms with Crippen LogP contribution in [0.5, 0.6) is 11.5 Å². The van der Waals surface area contributed by atoms with Gasteiger partial charge < -0.3 is 9.47 Å². The first-order valence-corrected chi connectivity index (χ1v) is 10.4. The van der Waals surface area contributed by atoms with Gasteiger partial charge in [-0.2, -0.15) is 0 Å². The van der Waals surface area contributed by atoms with Gasteiger partial charge in [-0.3, -0.25) is 9.69 Å². The molecule has 1 aliphatic heterocycles. The molecule has 0 atom stereocenters. The van der Waals surface area contributed by atoms with Crippen LogP contribution in [-0.2, 0) is 11.3 Å². The quantitative estimate of drug-likeness (QED) is 0.418. The van der Waals surface area contributed by atoms with Crippen molar-refractivity contribution in [1.29, 1.82) is 0 Å². The summed E-state index contributed by atoms with van der Waals surface area (Å²) in [4.78, 5) is 19.6. The zero-order chi connectivity index (χ0) is 20.3. The van der Waals surface area contributed by atoms with E-state index in [9.17, 15) is 4.79 Å². The van der Waals surface area contributed by atoms with Crippen LogP contribution >= 0.6 is 11.3 Å². The van der Waals surface area contributed by atoms with E-state index in [-0.39, 0.29) is 12.7 Å². The number of aromatic nitrogens is 1. The first kappa shape index (κ1) is 18.4. The summed E-state index contributed by atoms with van der Waals surface area (Å²) in [5, 5.41) is 0.681. The Bertz CT molecular complexity index is 1200. The number of thiazole rings is 1. The Morgan fingerprint density at radius 1 is 1.00 bits per heavy atom. The SMILES string of the molecule is O=C(/C=C/c1ccc2c(c1)OCO2)N(Cc1ccccc1)c1nc2ccccc2s1. The van der Waals surface area contributed by atoms with Crippen molar-refractivity contribution in [3.05, 3.63) is 90.0 Å². The molecule has 5 nitrogen and oxygen atoms in total. The maximum absolute atomic E-state index is 13.2. The molecule has 0 aliphatic carbocycles. The average molecular weight is 414 g/mol. The first-order valence-electron chi connectivity index (χ1n) is 9.55. The Kier molecular flexibility index (Phi) is 4.91. The molecule has 0 unspecified atom stereocenters. The second kappa shape index (κ2) is 8.00. The Labute approximate surface area is 177 Å². The van der Waals surface area contributed by atoms with Gasteiger partial charge in [-0.05, 0) is 41.5 Å². The summed E-state index contributed by atoms with van der Waals surface area (Å²) in [6.07, 6.45) is 3.36. The van der Waals surface area contributed by atoms with E-state index in [1.54, 1.807) is 17.1 Å². The number of hydrogen-bond acceptors (Lipinski definition) is 5. The van der Waals surface area contributed by atoms with Crippen LogP contribution in [0.15, 0.2) is 78.9 Å². The molecule has 2 heterocycles. The molecule has 6 heteroatoms. The van der Waals surface area contributed by atoms with E-state index in [4.69, 9.17) is 9.47 Å². The largest absolute Gasteiger partial charge is 0.454 e. The summed E-state index contributed by atoms with van der Waals surface area (Å²) < 4.78 is 11.8. The molecule has 4 aromatic rings. The molecule has 0 fully saturated rings. The van der Waals surface area contributed by atoms with Gasteiger partial charge >= 0.3 is 0 Å². The third kappa shape index (κ3) is 3.77. The van der Waals surface area contributed by atoms with Crippen molar-refractivity contribution in [1.82, 2.24) is 4.98 Å². The summed E-state index contributed by atoms with van der Waals surface area (Å²) in [7, 11) is 0. The zero-order valence-corrected chi connectivity index (χ0v) is 16.8. The molecule has 3 aromatic carbocycles. The van der Waals surface area contributed by atoms with Crippen LogP contribution in [0.1, 0.15) is 11.1 Å². The predicted molar refractivity (Wildman–Crippen MR) is 119 cm³/mol. The Morgan fingerprint density at radius 3 is 2.67 bits per heavy atom. The summed E-state index contributed by atoms with van der Waals surface area (Å²) in [5.41, 5.74) is 2.81. The van der Waals surface area contributed by atoms with Crippen LogP contribution in [0.25, 0.3) is 16.3 Å². The van der Waals surface area contributed by atoms with Crippen molar-refractivity contribution in [2.45, 2.75) is 6.54 Å². The first-order chi connectivity index (χ1) is 14.8. The molecule has 0 spiro atoms. The van der Waals surface area contributed by atoms with Gasteiger partial charge in [0.25, 0.3) is 5.91 Å². The number of ether oxygens (including phenoxy) is 2. The maximum atomic E-state index is 13.2. The van der Waals surface area contributed by atoms with Crippen LogP contribution in [0.3, 0.4) is 0 Å². The minimum absolute atomic E-state index is 0.129. The molecule has 30 heavy (non-hydrogen) atoms. The zero-order valence-electron chi connectivity index (χ0n) is 16.0. The molecule has 1 aromatic heterocycles. The van der Waals surface area contributed by atoms with E-state index in [1.165, 1.54) is 11.3 Å². The molecule has 148 valence electrons. The number of carbonyl (C=O) groups is 1. The van der Waals surface area contributed by atoms with Gasteiger partial charge in [0.15, 0.2) is 16.6 Å². The van der Waals surface area contributed by atoms with E-state index in [2.05, 4.69) is 4.98 Å². The lowest BCUT2D eigenvalue weighted by molar-refractivity contribution is -0.114. The van der Waals surface area contributed by atoms with Crippen LogP contribution in [0.4, 0.5) is 5.13 Å².